The van der Waals surface area contributed by atoms with Crippen LogP contribution < -0.4 is 5.32 Å². The molecule has 0 bridgehead atoms. The van der Waals surface area contributed by atoms with Crippen LogP contribution in [0.1, 0.15) is 38.6 Å². The predicted molar refractivity (Wildman–Crippen MR) is 118 cm³/mol. The lowest BCUT2D eigenvalue weighted by Gasteiger charge is -2.31. The van der Waals surface area contributed by atoms with Gasteiger partial charge in [0, 0.05) is 22.7 Å². The van der Waals surface area contributed by atoms with E-state index in [-0.39, 0.29) is 11.8 Å². The Morgan fingerprint density at radius 2 is 1.83 bits per heavy atom. The van der Waals surface area contributed by atoms with Gasteiger partial charge in [0.1, 0.15) is 5.82 Å². The smallest absolute Gasteiger partial charge is 0.227 e. The van der Waals surface area contributed by atoms with E-state index in [4.69, 9.17) is 16.6 Å². The first-order valence-electron chi connectivity index (χ1n) is 10.3. The van der Waals surface area contributed by atoms with Gasteiger partial charge in [-0.05, 0) is 76.2 Å². The largest absolute Gasteiger partial charge is 0.326 e. The van der Waals surface area contributed by atoms with E-state index in [2.05, 4.69) is 46.8 Å². The lowest BCUT2D eigenvalue weighted by atomic mass is 9.96. The molecule has 2 heterocycles. The van der Waals surface area contributed by atoms with E-state index >= 15 is 0 Å². The predicted octanol–water partition coefficient (Wildman–Crippen LogP) is 5.12. The van der Waals surface area contributed by atoms with Crippen molar-refractivity contribution in [3.8, 4) is 0 Å². The number of carbonyl (C=O) groups excluding carboxylic acids is 1. The fraction of sp³-hybridized carbons (Fsp3) is 0.391. The van der Waals surface area contributed by atoms with Crippen LogP contribution in [0, 0.1) is 5.92 Å². The number of amides is 1. The summed E-state index contributed by atoms with van der Waals surface area (Å²) >= 11 is 5.91. The van der Waals surface area contributed by atoms with E-state index < -0.39 is 0 Å². The molecular formula is C23H27ClN4O. The van der Waals surface area contributed by atoms with E-state index in [0.29, 0.717) is 11.1 Å². The molecule has 0 spiro atoms. The van der Waals surface area contributed by atoms with Crippen LogP contribution in [0.25, 0.3) is 11.0 Å². The number of hydrogen-bond acceptors (Lipinski definition) is 3. The number of aromatic nitrogens is 2. The van der Waals surface area contributed by atoms with Crippen molar-refractivity contribution in [2.75, 3.05) is 18.4 Å². The van der Waals surface area contributed by atoms with Crippen molar-refractivity contribution in [1.29, 1.82) is 0 Å². The molecule has 1 fully saturated rings. The van der Waals surface area contributed by atoms with E-state index in [1.54, 1.807) is 12.1 Å². The molecule has 29 heavy (non-hydrogen) atoms. The molecule has 5 nitrogen and oxygen atoms in total. The molecule has 1 N–H and O–H groups in total. The maximum absolute atomic E-state index is 12.6. The average Bonchev–Trinajstić information content (AvgIpc) is 3.08. The van der Waals surface area contributed by atoms with E-state index in [0.717, 1.165) is 49.5 Å². The number of benzene rings is 2. The molecule has 3 aromatic rings. The summed E-state index contributed by atoms with van der Waals surface area (Å²) in [7, 11) is 0. The lowest BCUT2D eigenvalue weighted by Crippen LogP contribution is -2.38. The molecule has 0 atom stereocenters. The summed E-state index contributed by atoms with van der Waals surface area (Å²) < 4.78 is 2.33. The summed E-state index contributed by atoms with van der Waals surface area (Å²) in [5.41, 5.74) is 3.04. The molecule has 0 unspecified atom stereocenters. The fourth-order valence-corrected chi connectivity index (χ4v) is 4.24. The van der Waals surface area contributed by atoms with Crippen LogP contribution in [0.3, 0.4) is 0 Å². The van der Waals surface area contributed by atoms with Gasteiger partial charge in [0.05, 0.1) is 17.6 Å². The summed E-state index contributed by atoms with van der Waals surface area (Å²) in [5.74, 6) is 1.25. The second-order valence-corrected chi connectivity index (χ2v) is 8.46. The number of nitrogens with one attached hydrogen (secondary N) is 1. The Morgan fingerprint density at radius 1 is 1.14 bits per heavy atom. The number of nitrogens with zero attached hydrogens (tertiary/aromatic N) is 3. The Morgan fingerprint density at radius 3 is 2.52 bits per heavy atom. The number of likely N-dealkylation sites (tertiary alicyclic amines) is 1. The van der Waals surface area contributed by atoms with E-state index in [1.807, 2.05) is 18.2 Å². The highest BCUT2D eigenvalue weighted by atomic mass is 35.5. The highest BCUT2D eigenvalue weighted by molar-refractivity contribution is 6.30. The van der Waals surface area contributed by atoms with Gasteiger partial charge in [-0.15, -0.1) is 0 Å². The molecule has 2 aromatic carbocycles. The molecule has 6 heteroatoms. The first-order valence-corrected chi connectivity index (χ1v) is 10.6. The third-order valence-corrected chi connectivity index (χ3v) is 5.87. The summed E-state index contributed by atoms with van der Waals surface area (Å²) in [5, 5.41) is 3.68. The third kappa shape index (κ3) is 4.46. The van der Waals surface area contributed by atoms with Crippen molar-refractivity contribution < 1.29 is 4.79 Å². The Balaban J connectivity index is 1.38. The van der Waals surface area contributed by atoms with Gasteiger partial charge in [-0.25, -0.2) is 4.98 Å². The number of carbonyl (C=O) groups is 1. The Labute approximate surface area is 176 Å². The molecule has 0 radical (unpaired) electrons. The topological polar surface area (TPSA) is 50.2 Å². The summed E-state index contributed by atoms with van der Waals surface area (Å²) in [4.78, 5) is 19.9. The van der Waals surface area contributed by atoms with Crippen molar-refractivity contribution >= 4 is 34.2 Å². The minimum Gasteiger partial charge on any atom is -0.326 e. The number of hydrogen-bond donors (Lipinski definition) is 1. The minimum atomic E-state index is 0.0471. The number of fused-ring (bicyclic) bond motifs is 1. The van der Waals surface area contributed by atoms with Crippen LogP contribution in [0.4, 0.5) is 5.69 Å². The average molecular weight is 411 g/mol. The lowest BCUT2D eigenvalue weighted by molar-refractivity contribution is -0.121. The van der Waals surface area contributed by atoms with Gasteiger partial charge < -0.3 is 9.88 Å². The van der Waals surface area contributed by atoms with Crippen molar-refractivity contribution in [3.63, 3.8) is 0 Å². The molecule has 1 saturated heterocycles. The maximum Gasteiger partial charge on any atom is 0.227 e. The molecule has 4 rings (SSSR count). The number of piperidine rings is 1. The summed E-state index contributed by atoms with van der Waals surface area (Å²) in [6, 6.07) is 15.9. The second kappa shape index (κ2) is 8.56. The van der Waals surface area contributed by atoms with Gasteiger partial charge >= 0.3 is 0 Å². The van der Waals surface area contributed by atoms with Gasteiger partial charge in [0.15, 0.2) is 0 Å². The maximum atomic E-state index is 12.6. The molecule has 1 amide bonds. The van der Waals surface area contributed by atoms with Crippen LogP contribution in [-0.4, -0.2) is 33.4 Å². The number of imidazole rings is 1. The standard InChI is InChI=1S/C23H27ClN4O/c1-16(2)28-21-6-4-3-5-20(21)26-22(28)15-27-13-11-17(12-14-27)23(29)25-19-9-7-18(24)8-10-19/h3-10,16-17H,11-15H2,1-2H3,(H,25,29). The van der Waals surface area contributed by atoms with Crippen LogP contribution in [0.5, 0.6) is 0 Å². The highest BCUT2D eigenvalue weighted by Crippen LogP contribution is 2.25. The van der Waals surface area contributed by atoms with Gasteiger partial charge in [-0.2, -0.15) is 0 Å². The van der Waals surface area contributed by atoms with Crippen molar-refractivity contribution in [2.24, 2.45) is 5.92 Å². The van der Waals surface area contributed by atoms with Gasteiger partial charge in [0.25, 0.3) is 0 Å². The Hall–Kier alpha value is -2.37. The van der Waals surface area contributed by atoms with E-state index in [9.17, 15) is 4.79 Å². The van der Waals surface area contributed by atoms with Crippen LogP contribution in [0.15, 0.2) is 48.5 Å². The number of rotatable bonds is 5. The van der Waals surface area contributed by atoms with Gasteiger partial charge in [0.2, 0.25) is 5.91 Å². The minimum absolute atomic E-state index is 0.0471. The van der Waals surface area contributed by atoms with Crippen LogP contribution in [0.2, 0.25) is 5.02 Å². The highest BCUT2D eigenvalue weighted by Gasteiger charge is 2.26. The molecule has 0 aliphatic carbocycles. The zero-order valence-corrected chi connectivity index (χ0v) is 17.7. The SMILES string of the molecule is CC(C)n1c(CN2CCC(C(=O)Nc3ccc(Cl)cc3)CC2)nc2ccccc21. The van der Waals surface area contributed by atoms with Crippen molar-refractivity contribution in [3.05, 3.63) is 59.4 Å². The molecule has 1 aliphatic rings. The first kappa shape index (κ1) is 19.9. The summed E-state index contributed by atoms with van der Waals surface area (Å²) in [6.45, 7) is 7.02. The quantitative estimate of drug-likeness (QED) is 0.635. The first-order chi connectivity index (χ1) is 14.0. The zero-order valence-electron chi connectivity index (χ0n) is 16.9. The number of anilines is 1. The fourth-order valence-electron chi connectivity index (χ4n) is 4.11. The van der Waals surface area contributed by atoms with Crippen molar-refractivity contribution in [1.82, 2.24) is 14.5 Å². The molecule has 0 saturated carbocycles. The number of para-hydroxylation sites is 2. The Bertz CT molecular complexity index is 988. The van der Waals surface area contributed by atoms with Gasteiger partial charge in [-0.3, -0.25) is 9.69 Å². The Kier molecular flexibility index (Phi) is 5.88. The van der Waals surface area contributed by atoms with Gasteiger partial charge in [-0.1, -0.05) is 23.7 Å². The molecule has 1 aromatic heterocycles. The molecular weight excluding hydrogens is 384 g/mol. The van der Waals surface area contributed by atoms with E-state index in [1.165, 1.54) is 5.52 Å². The second-order valence-electron chi connectivity index (χ2n) is 8.03. The van der Waals surface area contributed by atoms with Crippen molar-refractivity contribution in [2.45, 2.75) is 39.3 Å². The van der Waals surface area contributed by atoms with Crippen LogP contribution >= 0.6 is 11.6 Å². The zero-order chi connectivity index (χ0) is 20.4. The normalized spacial score (nSPS) is 15.9. The molecule has 152 valence electrons. The van der Waals surface area contributed by atoms with Crippen LogP contribution in [-0.2, 0) is 11.3 Å². The summed E-state index contributed by atoms with van der Waals surface area (Å²) in [6.07, 6.45) is 1.72. The number of halogens is 1. The monoisotopic (exact) mass is 410 g/mol. The third-order valence-electron chi connectivity index (χ3n) is 5.62. The molecule has 1 aliphatic heterocycles.